The quantitative estimate of drug-likeness (QED) is 0.695. The first-order chi connectivity index (χ1) is 5.14. The van der Waals surface area contributed by atoms with Crippen molar-refractivity contribution in [3.05, 3.63) is 24.2 Å². The largest absolute Gasteiger partial charge is 0.472 e. The highest BCUT2D eigenvalue weighted by atomic mass is 32.1. The molecule has 0 aromatic carbocycles. The Hall–Kier alpha value is -0.0200. The smallest absolute Gasteiger partial charge is 0.0935 e. The van der Waals surface area contributed by atoms with Crippen LogP contribution >= 0.6 is 25.3 Å². The molecule has 3 heteroatoms. The fourth-order valence-electron chi connectivity index (χ4n) is 0.889. The molecule has 0 N–H and O–H groups in total. The number of rotatable bonds is 3. The summed E-state index contributed by atoms with van der Waals surface area (Å²) in [6.07, 6.45) is 4.33. The molecule has 0 aliphatic heterocycles. The van der Waals surface area contributed by atoms with Gasteiger partial charge in [-0.1, -0.05) is 0 Å². The first-order valence-electron chi connectivity index (χ1n) is 3.48. The average molecular weight is 188 g/mol. The van der Waals surface area contributed by atoms with E-state index in [0.717, 1.165) is 12.2 Å². The number of thiol groups is 2. The molecule has 62 valence electrons. The molecular formula is C8H12OS2. The highest BCUT2D eigenvalue weighted by Gasteiger charge is 2.17. The van der Waals surface area contributed by atoms with Gasteiger partial charge in [-0.3, -0.25) is 0 Å². The second kappa shape index (κ2) is 3.59. The molecule has 0 saturated heterocycles. The van der Waals surface area contributed by atoms with Crippen LogP contribution < -0.4 is 0 Å². The summed E-state index contributed by atoms with van der Waals surface area (Å²) in [5.41, 5.74) is 1.18. The molecule has 1 aromatic heterocycles. The molecule has 0 aliphatic carbocycles. The molecular weight excluding hydrogens is 176 g/mol. The lowest BCUT2D eigenvalue weighted by atomic mass is 10.1. The van der Waals surface area contributed by atoms with Gasteiger partial charge in [0.2, 0.25) is 0 Å². The van der Waals surface area contributed by atoms with E-state index in [2.05, 4.69) is 32.2 Å². The van der Waals surface area contributed by atoms with Gasteiger partial charge in [0, 0.05) is 10.5 Å². The van der Waals surface area contributed by atoms with E-state index in [-0.39, 0.29) is 4.75 Å². The maximum Gasteiger partial charge on any atom is 0.0935 e. The summed E-state index contributed by atoms with van der Waals surface area (Å²) < 4.78 is 4.91. The van der Waals surface area contributed by atoms with Crippen molar-refractivity contribution in [3.8, 4) is 0 Å². The van der Waals surface area contributed by atoms with Gasteiger partial charge in [-0.2, -0.15) is 25.3 Å². The van der Waals surface area contributed by atoms with Crippen molar-refractivity contribution in [2.75, 3.05) is 5.75 Å². The maximum absolute atomic E-state index is 4.95. The van der Waals surface area contributed by atoms with Gasteiger partial charge >= 0.3 is 0 Å². The Morgan fingerprint density at radius 2 is 2.36 bits per heavy atom. The molecule has 0 fully saturated rings. The van der Waals surface area contributed by atoms with Crippen molar-refractivity contribution in [3.63, 3.8) is 0 Å². The zero-order valence-electron chi connectivity index (χ0n) is 6.45. The summed E-state index contributed by atoms with van der Waals surface area (Å²) in [5, 5.41) is 0. The van der Waals surface area contributed by atoms with Crippen LogP contribution in [0.5, 0.6) is 0 Å². The summed E-state index contributed by atoms with van der Waals surface area (Å²) in [6.45, 7) is 2.07. The minimum atomic E-state index is -0.0347. The lowest BCUT2D eigenvalue weighted by Crippen LogP contribution is -2.21. The second-order valence-electron chi connectivity index (χ2n) is 2.96. The van der Waals surface area contributed by atoms with E-state index in [1.165, 1.54) is 5.56 Å². The molecule has 1 atom stereocenters. The highest BCUT2D eigenvalue weighted by Crippen LogP contribution is 2.21. The van der Waals surface area contributed by atoms with E-state index in [9.17, 15) is 0 Å². The SMILES string of the molecule is C[C@](S)(CS)Cc1ccoc1. The van der Waals surface area contributed by atoms with Crippen LogP contribution in [0.3, 0.4) is 0 Å². The van der Waals surface area contributed by atoms with Crippen molar-refractivity contribution in [2.24, 2.45) is 0 Å². The van der Waals surface area contributed by atoms with Gasteiger partial charge in [0.1, 0.15) is 0 Å². The molecule has 1 nitrogen and oxygen atoms in total. The van der Waals surface area contributed by atoms with Crippen molar-refractivity contribution >= 4 is 25.3 Å². The van der Waals surface area contributed by atoms with Crippen LogP contribution in [0.25, 0.3) is 0 Å². The Balaban J connectivity index is 2.56. The zero-order valence-corrected chi connectivity index (χ0v) is 8.24. The predicted molar refractivity (Wildman–Crippen MR) is 53.7 cm³/mol. The van der Waals surface area contributed by atoms with Gasteiger partial charge in [-0.05, 0) is 25.0 Å². The molecule has 0 unspecified atom stereocenters. The van der Waals surface area contributed by atoms with Gasteiger partial charge < -0.3 is 4.42 Å². The lowest BCUT2D eigenvalue weighted by Gasteiger charge is -2.19. The standard InChI is InChI=1S/C8H12OS2/c1-8(11,6-10)4-7-2-3-9-5-7/h2-3,5,10-11H,4,6H2,1H3/t8-/m1/s1. The molecule has 0 amide bonds. The fourth-order valence-corrected chi connectivity index (χ4v) is 1.18. The van der Waals surface area contributed by atoms with E-state index in [1.807, 2.05) is 6.07 Å². The molecule has 11 heavy (non-hydrogen) atoms. The minimum Gasteiger partial charge on any atom is -0.472 e. The maximum atomic E-state index is 4.95. The van der Waals surface area contributed by atoms with Crippen LogP contribution in [0.15, 0.2) is 23.0 Å². The van der Waals surface area contributed by atoms with Crippen molar-refractivity contribution in [1.29, 1.82) is 0 Å². The van der Waals surface area contributed by atoms with Crippen molar-refractivity contribution in [2.45, 2.75) is 18.1 Å². The molecule has 0 aliphatic rings. The normalized spacial score (nSPS) is 16.3. The van der Waals surface area contributed by atoms with Crippen LogP contribution in [0.4, 0.5) is 0 Å². The Morgan fingerprint density at radius 1 is 1.64 bits per heavy atom. The predicted octanol–water partition coefficient (Wildman–Crippen LogP) is 2.44. The van der Waals surface area contributed by atoms with Crippen LogP contribution in [-0.2, 0) is 6.42 Å². The Bertz CT molecular complexity index is 204. The van der Waals surface area contributed by atoms with E-state index in [1.54, 1.807) is 12.5 Å². The topological polar surface area (TPSA) is 13.1 Å². The summed E-state index contributed by atoms with van der Waals surface area (Å²) in [6, 6.07) is 1.96. The van der Waals surface area contributed by atoms with Crippen LogP contribution in [0.2, 0.25) is 0 Å². The number of furan rings is 1. The van der Waals surface area contributed by atoms with Gasteiger partial charge in [-0.25, -0.2) is 0 Å². The van der Waals surface area contributed by atoms with Gasteiger partial charge in [0.05, 0.1) is 12.5 Å². The third-order valence-electron chi connectivity index (χ3n) is 1.51. The van der Waals surface area contributed by atoms with Gasteiger partial charge in [0.25, 0.3) is 0 Å². The Labute approximate surface area is 78.0 Å². The molecule has 0 radical (unpaired) electrons. The molecule has 1 rings (SSSR count). The molecule has 0 bridgehead atoms. The second-order valence-corrected chi connectivity index (χ2v) is 4.36. The molecule has 1 aromatic rings. The van der Waals surface area contributed by atoms with Crippen LogP contribution in [0, 0.1) is 0 Å². The highest BCUT2D eigenvalue weighted by molar-refractivity contribution is 7.85. The number of hydrogen-bond acceptors (Lipinski definition) is 3. The minimum absolute atomic E-state index is 0.0347. The Morgan fingerprint density at radius 3 is 2.82 bits per heavy atom. The third kappa shape index (κ3) is 2.83. The first-order valence-corrected chi connectivity index (χ1v) is 4.56. The molecule has 0 saturated carbocycles. The molecule has 1 heterocycles. The fraction of sp³-hybridized carbons (Fsp3) is 0.500. The zero-order chi connectivity index (χ0) is 8.32. The monoisotopic (exact) mass is 188 g/mol. The number of hydrogen-bond donors (Lipinski definition) is 2. The van der Waals surface area contributed by atoms with Crippen molar-refractivity contribution < 1.29 is 4.42 Å². The first kappa shape index (κ1) is 9.07. The summed E-state index contributed by atoms with van der Waals surface area (Å²) >= 11 is 8.66. The van der Waals surface area contributed by atoms with Crippen LogP contribution in [-0.4, -0.2) is 10.5 Å². The van der Waals surface area contributed by atoms with Crippen molar-refractivity contribution in [1.82, 2.24) is 0 Å². The summed E-state index contributed by atoms with van der Waals surface area (Å²) in [5.74, 6) is 0.765. The average Bonchev–Trinajstić information content (AvgIpc) is 2.39. The molecule has 0 spiro atoms. The van der Waals surface area contributed by atoms with Gasteiger partial charge in [-0.15, -0.1) is 0 Å². The third-order valence-corrected chi connectivity index (χ3v) is 2.77. The Kier molecular flexibility index (Phi) is 2.96. The van der Waals surface area contributed by atoms with Gasteiger partial charge in [0.15, 0.2) is 0 Å². The lowest BCUT2D eigenvalue weighted by molar-refractivity contribution is 0.561. The van der Waals surface area contributed by atoms with E-state index in [4.69, 9.17) is 4.42 Å². The van der Waals surface area contributed by atoms with E-state index < -0.39 is 0 Å². The summed E-state index contributed by atoms with van der Waals surface area (Å²) in [7, 11) is 0. The summed E-state index contributed by atoms with van der Waals surface area (Å²) in [4.78, 5) is 0. The van der Waals surface area contributed by atoms with E-state index >= 15 is 0 Å². The van der Waals surface area contributed by atoms with Crippen LogP contribution in [0.1, 0.15) is 12.5 Å². The van der Waals surface area contributed by atoms with E-state index in [0.29, 0.717) is 0 Å².